The molecule has 0 bridgehead atoms. The summed E-state index contributed by atoms with van der Waals surface area (Å²) in [6.45, 7) is 11.6. The smallest absolute Gasteiger partial charge is 0.0576 e. The summed E-state index contributed by atoms with van der Waals surface area (Å²) in [5.41, 5.74) is 0. The van der Waals surface area contributed by atoms with Gasteiger partial charge < -0.3 is 10.1 Å². The molecule has 0 saturated carbocycles. The van der Waals surface area contributed by atoms with E-state index in [9.17, 15) is 0 Å². The van der Waals surface area contributed by atoms with Gasteiger partial charge in [-0.3, -0.25) is 4.90 Å². The van der Waals surface area contributed by atoms with E-state index in [-0.39, 0.29) is 0 Å². The summed E-state index contributed by atoms with van der Waals surface area (Å²) in [5.74, 6) is 0.734. The van der Waals surface area contributed by atoms with Crippen LogP contribution >= 0.6 is 0 Å². The number of piperazine rings is 1. The Labute approximate surface area is 112 Å². The maximum Gasteiger partial charge on any atom is 0.0576 e. The maximum atomic E-state index is 5.70. The number of rotatable bonds is 5. The molecular weight excluding hydrogens is 224 g/mol. The molecule has 3 unspecified atom stereocenters. The van der Waals surface area contributed by atoms with Gasteiger partial charge in [-0.2, -0.15) is 0 Å². The molecule has 0 aromatic rings. The van der Waals surface area contributed by atoms with E-state index in [0.29, 0.717) is 18.2 Å². The Balaban J connectivity index is 1.69. The van der Waals surface area contributed by atoms with E-state index >= 15 is 0 Å². The molecule has 18 heavy (non-hydrogen) atoms. The Bertz CT molecular complexity index is 239. The Kier molecular flexibility index (Phi) is 5.46. The summed E-state index contributed by atoms with van der Waals surface area (Å²) in [5, 5.41) is 3.66. The van der Waals surface area contributed by atoms with Crippen LogP contribution in [0.1, 0.15) is 46.5 Å². The molecule has 2 aliphatic rings. The molecule has 2 rings (SSSR count). The van der Waals surface area contributed by atoms with Gasteiger partial charge in [0.05, 0.1) is 6.10 Å². The van der Waals surface area contributed by atoms with Crippen molar-refractivity contribution in [2.24, 2.45) is 5.92 Å². The lowest BCUT2D eigenvalue weighted by atomic mass is 9.99. The van der Waals surface area contributed by atoms with Crippen LogP contribution in [-0.2, 0) is 4.74 Å². The van der Waals surface area contributed by atoms with Crippen molar-refractivity contribution in [3.63, 3.8) is 0 Å². The van der Waals surface area contributed by atoms with Gasteiger partial charge in [-0.25, -0.2) is 0 Å². The number of hydrogen-bond donors (Lipinski definition) is 1. The van der Waals surface area contributed by atoms with Crippen LogP contribution in [0.5, 0.6) is 0 Å². The number of nitrogens with zero attached hydrogens (tertiary/aromatic N) is 1. The third-order valence-electron chi connectivity index (χ3n) is 4.53. The monoisotopic (exact) mass is 254 g/mol. The lowest BCUT2D eigenvalue weighted by Gasteiger charge is -2.40. The molecule has 2 fully saturated rings. The van der Waals surface area contributed by atoms with E-state index in [4.69, 9.17) is 4.74 Å². The molecule has 3 nitrogen and oxygen atoms in total. The minimum Gasteiger partial charge on any atom is -0.378 e. The molecule has 0 radical (unpaired) electrons. The van der Waals surface area contributed by atoms with E-state index in [0.717, 1.165) is 19.1 Å². The SMILES string of the molecule is CC(C)C1CN(CCCC2CCCO2)C(C)CN1. The summed E-state index contributed by atoms with van der Waals surface area (Å²) in [4.78, 5) is 2.66. The van der Waals surface area contributed by atoms with Crippen molar-refractivity contribution in [1.82, 2.24) is 10.2 Å². The number of nitrogens with one attached hydrogen (secondary N) is 1. The van der Waals surface area contributed by atoms with E-state index < -0.39 is 0 Å². The molecule has 2 saturated heterocycles. The predicted molar refractivity (Wildman–Crippen MR) is 75.9 cm³/mol. The topological polar surface area (TPSA) is 24.5 Å². The van der Waals surface area contributed by atoms with Gasteiger partial charge >= 0.3 is 0 Å². The first-order valence-corrected chi connectivity index (χ1v) is 7.76. The average molecular weight is 254 g/mol. The average Bonchev–Trinajstić information content (AvgIpc) is 2.84. The Morgan fingerprint density at radius 2 is 2.22 bits per heavy atom. The van der Waals surface area contributed by atoms with E-state index in [1.54, 1.807) is 0 Å². The van der Waals surface area contributed by atoms with Gasteiger partial charge in [0.2, 0.25) is 0 Å². The highest BCUT2D eigenvalue weighted by molar-refractivity contribution is 4.85. The van der Waals surface area contributed by atoms with Crippen LogP contribution in [0.25, 0.3) is 0 Å². The molecule has 106 valence electrons. The van der Waals surface area contributed by atoms with Gasteiger partial charge in [0.1, 0.15) is 0 Å². The van der Waals surface area contributed by atoms with Gasteiger partial charge in [0.15, 0.2) is 0 Å². The van der Waals surface area contributed by atoms with Crippen LogP contribution in [0.3, 0.4) is 0 Å². The standard InChI is InChI=1S/C15H30N2O/c1-12(2)15-11-17(13(3)10-16-15)8-4-6-14-7-5-9-18-14/h12-16H,4-11H2,1-3H3. The molecule has 2 aliphatic heterocycles. The van der Waals surface area contributed by atoms with Crippen LogP contribution in [0, 0.1) is 5.92 Å². The van der Waals surface area contributed by atoms with Gasteiger partial charge in [0.25, 0.3) is 0 Å². The van der Waals surface area contributed by atoms with Crippen LogP contribution in [-0.4, -0.2) is 49.3 Å². The second kappa shape index (κ2) is 6.88. The zero-order valence-corrected chi connectivity index (χ0v) is 12.3. The second-order valence-corrected chi connectivity index (χ2v) is 6.38. The van der Waals surface area contributed by atoms with Crippen molar-refractivity contribution in [3.05, 3.63) is 0 Å². The van der Waals surface area contributed by atoms with Crippen molar-refractivity contribution in [2.45, 2.75) is 64.6 Å². The molecule has 3 heteroatoms. The maximum absolute atomic E-state index is 5.70. The molecular formula is C15H30N2O. The highest BCUT2D eigenvalue weighted by Gasteiger charge is 2.26. The third kappa shape index (κ3) is 3.94. The van der Waals surface area contributed by atoms with Crippen molar-refractivity contribution < 1.29 is 4.74 Å². The quantitative estimate of drug-likeness (QED) is 0.814. The fourth-order valence-electron chi connectivity index (χ4n) is 3.10. The molecule has 0 aromatic carbocycles. The molecule has 0 spiro atoms. The van der Waals surface area contributed by atoms with Gasteiger partial charge in [-0.05, 0) is 45.1 Å². The zero-order chi connectivity index (χ0) is 13.0. The van der Waals surface area contributed by atoms with Crippen molar-refractivity contribution >= 4 is 0 Å². The van der Waals surface area contributed by atoms with Crippen LogP contribution in [0.4, 0.5) is 0 Å². The van der Waals surface area contributed by atoms with Crippen molar-refractivity contribution in [1.29, 1.82) is 0 Å². The summed E-state index contributed by atoms with van der Waals surface area (Å²) < 4.78 is 5.70. The van der Waals surface area contributed by atoms with E-state index in [2.05, 4.69) is 31.0 Å². The highest BCUT2D eigenvalue weighted by Crippen LogP contribution is 2.18. The second-order valence-electron chi connectivity index (χ2n) is 6.38. The van der Waals surface area contributed by atoms with E-state index in [1.165, 1.54) is 38.8 Å². The van der Waals surface area contributed by atoms with Crippen LogP contribution < -0.4 is 5.32 Å². The third-order valence-corrected chi connectivity index (χ3v) is 4.53. The van der Waals surface area contributed by atoms with E-state index in [1.807, 2.05) is 0 Å². The summed E-state index contributed by atoms with van der Waals surface area (Å²) >= 11 is 0. The summed E-state index contributed by atoms with van der Waals surface area (Å²) in [6.07, 6.45) is 5.66. The van der Waals surface area contributed by atoms with Crippen molar-refractivity contribution in [2.75, 3.05) is 26.2 Å². The first kappa shape index (κ1) is 14.3. The van der Waals surface area contributed by atoms with Gasteiger partial charge in [-0.1, -0.05) is 13.8 Å². The normalized spacial score (nSPS) is 34.3. The molecule has 1 N–H and O–H groups in total. The molecule has 0 aliphatic carbocycles. The number of hydrogen-bond acceptors (Lipinski definition) is 3. The fourth-order valence-corrected chi connectivity index (χ4v) is 3.10. The van der Waals surface area contributed by atoms with Crippen LogP contribution in [0.15, 0.2) is 0 Å². The molecule has 3 atom stereocenters. The van der Waals surface area contributed by atoms with Crippen LogP contribution in [0.2, 0.25) is 0 Å². The summed E-state index contributed by atoms with van der Waals surface area (Å²) in [7, 11) is 0. The molecule has 0 aromatic heterocycles. The fraction of sp³-hybridized carbons (Fsp3) is 1.00. The lowest BCUT2D eigenvalue weighted by Crippen LogP contribution is -2.57. The number of ether oxygens (including phenoxy) is 1. The predicted octanol–water partition coefficient (Wildman–Crippen LogP) is 2.26. The molecule has 2 heterocycles. The molecule has 0 amide bonds. The summed E-state index contributed by atoms with van der Waals surface area (Å²) in [6, 6.07) is 1.36. The zero-order valence-electron chi connectivity index (χ0n) is 12.3. The Morgan fingerprint density at radius 3 is 2.89 bits per heavy atom. The Morgan fingerprint density at radius 1 is 1.39 bits per heavy atom. The first-order chi connectivity index (χ1) is 8.66. The van der Waals surface area contributed by atoms with Gasteiger partial charge in [0, 0.05) is 31.8 Å². The first-order valence-electron chi connectivity index (χ1n) is 7.76. The van der Waals surface area contributed by atoms with Gasteiger partial charge in [-0.15, -0.1) is 0 Å². The minimum absolute atomic E-state index is 0.559. The highest BCUT2D eigenvalue weighted by atomic mass is 16.5. The minimum atomic E-state index is 0.559. The van der Waals surface area contributed by atoms with Crippen molar-refractivity contribution in [3.8, 4) is 0 Å². The lowest BCUT2D eigenvalue weighted by molar-refractivity contribution is 0.0867. The Hall–Kier alpha value is -0.120. The largest absolute Gasteiger partial charge is 0.378 e.